The average Bonchev–Trinajstić information content (AvgIpc) is 1.76. The zero-order valence-electron chi connectivity index (χ0n) is 71.9. The average molecular weight is 1720 g/mol. The van der Waals surface area contributed by atoms with Crippen molar-refractivity contribution in [3.8, 4) is 106 Å². The summed E-state index contributed by atoms with van der Waals surface area (Å²) >= 11 is 0. The van der Waals surface area contributed by atoms with Crippen molar-refractivity contribution < 1.29 is 96.5 Å². The highest BCUT2D eigenvalue weighted by Crippen LogP contribution is 2.27. The number of hydrogen-bond donors (Lipinski definition) is 13. The van der Waals surface area contributed by atoms with Gasteiger partial charge in [0.1, 0.15) is 48.1 Å². The van der Waals surface area contributed by atoms with Crippen molar-refractivity contribution in [1.29, 1.82) is 0 Å². The van der Waals surface area contributed by atoms with E-state index in [-0.39, 0.29) is 68.6 Å². The van der Waals surface area contributed by atoms with Crippen molar-refractivity contribution in [3.05, 3.63) is 261 Å². The number of Topliss-reactive ketones (excluding diaryl/α,β-unsaturated/α-hetero) is 4. The molecule has 0 saturated heterocycles. The van der Waals surface area contributed by atoms with E-state index < -0.39 is 72.2 Å². The molecule has 4 aromatic heterocycles. The number of carbonyl (C=O) groups excluding carboxylic acids is 8. The van der Waals surface area contributed by atoms with Gasteiger partial charge >= 0.3 is 0 Å². The molecule has 5 aromatic carbocycles. The molecule has 4 heterocycles. The van der Waals surface area contributed by atoms with Gasteiger partial charge in [-0.15, -0.1) is 0 Å². The lowest BCUT2D eigenvalue weighted by Gasteiger charge is -2.19. The second-order valence-corrected chi connectivity index (χ2v) is 28.0. The summed E-state index contributed by atoms with van der Waals surface area (Å²) in [5.41, 5.74) is 5.89. The number of hydrogen-bond acceptors (Lipinski definition) is 22. The predicted octanol–water partition coefficient (Wildman–Crippen LogP) is 8.68. The fourth-order valence-corrected chi connectivity index (χ4v) is 11.2. The molecule has 9 rings (SSSR count). The predicted molar refractivity (Wildman–Crippen MR) is 478 cm³/mol. The monoisotopic (exact) mass is 1720 g/mol. The lowest BCUT2D eigenvalue weighted by atomic mass is 10.0. The van der Waals surface area contributed by atoms with Gasteiger partial charge in [-0.2, -0.15) is 0 Å². The zero-order valence-corrected chi connectivity index (χ0v) is 71.9. The minimum Gasteiger partial charge on any atom is -0.456 e. The number of ketones is 4. The van der Waals surface area contributed by atoms with Crippen LogP contribution in [0.2, 0.25) is 0 Å². The van der Waals surface area contributed by atoms with Crippen molar-refractivity contribution >= 4 is 46.8 Å². The summed E-state index contributed by atoms with van der Waals surface area (Å²) in [7, 11) is 0. The third kappa shape index (κ3) is 36.7. The van der Waals surface area contributed by atoms with E-state index in [2.05, 4.69) is 127 Å². The van der Waals surface area contributed by atoms with Gasteiger partial charge in [0.15, 0.2) is 46.2 Å². The molecule has 0 bridgehead atoms. The number of unbranched alkanes of at least 4 members (excludes halogenated alkanes) is 1. The van der Waals surface area contributed by atoms with Crippen LogP contribution in [0, 0.1) is 94.7 Å². The minimum absolute atomic E-state index is 0.0130. The molecule has 127 heavy (non-hydrogen) atoms. The van der Waals surface area contributed by atoms with Crippen molar-refractivity contribution in [2.24, 2.45) is 0 Å². The molecule has 0 aliphatic rings. The molecule has 26 heteroatoms. The van der Waals surface area contributed by atoms with Crippen LogP contribution in [-0.4, -0.2) is 171 Å². The van der Waals surface area contributed by atoms with Crippen molar-refractivity contribution in [3.63, 3.8) is 0 Å². The van der Waals surface area contributed by atoms with E-state index in [1.54, 1.807) is 155 Å². The molecule has 0 aliphatic carbocycles. The maximum Gasteiger partial charge on any atom is 0.251 e. The molecule has 0 unspecified atom stereocenters. The number of nitrogens with one attached hydrogen (secondary N) is 6. The highest BCUT2D eigenvalue weighted by molar-refractivity contribution is 6.01. The smallest absolute Gasteiger partial charge is 0.251 e. The van der Waals surface area contributed by atoms with Crippen LogP contribution in [0.4, 0.5) is 0 Å². The van der Waals surface area contributed by atoms with Gasteiger partial charge in [0, 0.05) is 88.9 Å². The molecule has 0 spiro atoms. The van der Waals surface area contributed by atoms with Crippen LogP contribution in [0.5, 0.6) is 0 Å². The molecule has 658 valence electrons. The topological polar surface area (TPSA) is 412 Å². The number of benzene rings is 5. The van der Waals surface area contributed by atoms with E-state index in [0.29, 0.717) is 106 Å². The van der Waals surface area contributed by atoms with Gasteiger partial charge in [-0.25, -0.2) is 0 Å². The summed E-state index contributed by atoms with van der Waals surface area (Å²) in [4.78, 5) is 96.9. The number of rotatable bonds is 35. The zero-order chi connectivity index (χ0) is 92.3. The summed E-state index contributed by atoms with van der Waals surface area (Å²) < 4.78 is 27.1. The molecule has 0 saturated carbocycles. The number of carbonyl (C=O) groups is 8. The van der Waals surface area contributed by atoms with E-state index in [9.17, 15) is 63.9 Å². The fourth-order valence-electron chi connectivity index (χ4n) is 11.2. The number of aliphatic hydroxyl groups is 7. The Labute approximate surface area is 739 Å². The summed E-state index contributed by atoms with van der Waals surface area (Å²) in [6.07, 6.45) is 0.261. The molecule has 0 radical (unpaired) electrons. The van der Waals surface area contributed by atoms with Crippen molar-refractivity contribution in [1.82, 2.24) is 31.9 Å². The number of furan rings is 4. The normalized spacial score (nSPS) is 12.0. The Balaban J connectivity index is 0.000000263. The lowest BCUT2D eigenvalue weighted by molar-refractivity contribution is -0.123. The molecule has 9 aromatic rings. The molecular weight excluding hydrogens is 1620 g/mol. The van der Waals surface area contributed by atoms with E-state index in [1.807, 2.05) is 42.5 Å². The Morgan fingerprint density at radius 2 is 0.717 bits per heavy atom. The van der Waals surface area contributed by atoms with Crippen LogP contribution in [0.1, 0.15) is 198 Å². The third-order valence-electron chi connectivity index (χ3n) is 18.1. The van der Waals surface area contributed by atoms with Crippen molar-refractivity contribution in [2.45, 2.75) is 162 Å². The minimum atomic E-state index is -0.981. The van der Waals surface area contributed by atoms with Crippen LogP contribution >= 0.6 is 0 Å². The van der Waals surface area contributed by atoms with Gasteiger partial charge in [-0.1, -0.05) is 81.7 Å². The first-order valence-corrected chi connectivity index (χ1v) is 41.1. The number of amides is 4. The first-order valence-electron chi connectivity index (χ1n) is 41.1. The van der Waals surface area contributed by atoms with Crippen LogP contribution in [0.3, 0.4) is 0 Å². The number of ether oxygens (including phenoxy) is 1. The van der Waals surface area contributed by atoms with Crippen LogP contribution in [-0.2, 0) is 43.6 Å². The Hall–Kier alpha value is -14.1. The first-order chi connectivity index (χ1) is 61.3. The highest BCUT2D eigenvalue weighted by Gasteiger charge is 2.28. The summed E-state index contributed by atoms with van der Waals surface area (Å²) in [5, 5.41) is 82.4. The summed E-state index contributed by atoms with van der Waals surface area (Å²) in [6, 6.07) is 44.7. The molecule has 0 aliphatic heterocycles. The third-order valence-corrected chi connectivity index (χ3v) is 18.1. The van der Waals surface area contributed by atoms with Crippen molar-refractivity contribution in [2.75, 3.05) is 39.5 Å². The van der Waals surface area contributed by atoms with Crippen LogP contribution in [0.25, 0.3) is 11.1 Å². The molecule has 26 nitrogen and oxygen atoms in total. The quantitative estimate of drug-likeness (QED) is 0.0130. The van der Waals surface area contributed by atoms with E-state index in [1.165, 1.54) is 34.0 Å². The largest absolute Gasteiger partial charge is 0.456 e. The van der Waals surface area contributed by atoms with Crippen LogP contribution in [0.15, 0.2) is 194 Å². The summed E-state index contributed by atoms with van der Waals surface area (Å²) in [6.45, 7) is 16.0. The molecule has 4 amide bonds. The van der Waals surface area contributed by atoms with E-state index in [0.717, 1.165) is 42.0 Å². The molecular formula is C101H104N6O20. The Morgan fingerprint density at radius 1 is 0.362 bits per heavy atom. The molecule has 13 N–H and O–H groups in total. The highest BCUT2D eigenvalue weighted by atomic mass is 16.5. The first kappa shape index (κ1) is 102. The van der Waals surface area contributed by atoms with Gasteiger partial charge in [-0.05, 0) is 263 Å². The maximum atomic E-state index is 12.4. The van der Waals surface area contributed by atoms with Crippen LogP contribution < -0.4 is 31.9 Å². The Morgan fingerprint density at radius 3 is 1.05 bits per heavy atom. The lowest BCUT2D eigenvalue weighted by Crippen LogP contribution is -2.47. The second kappa shape index (κ2) is 56.6. The molecule has 8 atom stereocenters. The fraction of sp³-hybridized carbons (Fsp3) is 0.307. The Bertz CT molecular complexity index is 5610. The van der Waals surface area contributed by atoms with Gasteiger partial charge in [0.25, 0.3) is 23.6 Å². The molecule has 0 fully saturated rings. The standard InChI is InChI=1S/C28H25NO5.C26H30N2O6.C26H30N2O5.C21H19NO4/c1-3-25(32)27(19(2)31)29-28(33)22-15-13-20(14-16-22)9-7-8-12-26-24(17-23(18-30)34-26)21-10-5-4-6-11-21;1-3-24(31)25(19(2)30)28-26(32)21-10-8-20(9-11-21)6-4-5-7-22-12-13-23(34-22)18-27-14-16-33-17-15-29;1-3-24(31)25(19(2)30)28-26(32)21-12-10-20(11-13-21)8-4-5-9-22-14-15-23(33-22)18-27-16-6-7-17-29;1-3-19(24)20(15(2)23)22-21(25)17-12-10-16(11-13-17)7-4-5-8-18-9-6-14-26-18/h4-6,10-11,13-17,19,27,30-31H,3,18H2,1-2H3,(H,29,33);8-13,19,25,27,29-30H,3,14-18H2,1-2H3,(H,28,32);10-15,19,25,27,29-30H,3,6-7,16-18H2,1-2H3,(H,28,32);6,9-15,20,23H,3H2,1-2H3,(H,22,25)/t19-,27+;2*19-,25-;15-,20-/m1000/s1. The second-order valence-electron chi connectivity index (χ2n) is 28.0. The van der Waals surface area contributed by atoms with Gasteiger partial charge in [0.2, 0.25) is 0 Å². The Kier molecular flexibility index (Phi) is 45.3. The maximum absolute atomic E-state index is 12.4. The summed E-state index contributed by atoms with van der Waals surface area (Å²) in [5.74, 6) is 46.1. The SMILES string of the molecule is CCC(=O)[C@@H](NC(=O)c1ccc(C#CC#Cc2ccc(CNCCCCO)o2)cc1)[C@H](C)O.CCC(=O)[C@@H](NC(=O)c1ccc(C#CC#Cc2ccc(CNCCOCCO)o2)cc1)[C@H](C)O.CCC(=O)[C@@H](NC(=O)c1ccc(C#CC#Cc2ccco2)cc1)[C@H](C)O.CCC(=O)[C@@H](NC(=O)c1ccc(C#CC#Cc2oc(CO)cc2-c2ccccc2)cc1)[C@@H](C)O. The van der Waals surface area contributed by atoms with E-state index in [4.69, 9.17) is 32.6 Å². The van der Waals surface area contributed by atoms with Gasteiger partial charge < -0.3 is 90.1 Å². The number of aliphatic hydroxyl groups excluding tert-OH is 7. The van der Waals surface area contributed by atoms with Gasteiger partial charge in [-0.3, -0.25) is 38.4 Å². The van der Waals surface area contributed by atoms with Gasteiger partial charge in [0.05, 0.1) is 63.6 Å². The van der Waals surface area contributed by atoms with E-state index >= 15 is 0 Å².